The molecule has 0 aromatic heterocycles. The Balaban J connectivity index is 2.40. The Bertz CT molecular complexity index is 650. The quantitative estimate of drug-likeness (QED) is 0.735. The fourth-order valence-electron chi connectivity index (χ4n) is 2.05. The molecule has 1 aliphatic heterocycles. The van der Waals surface area contributed by atoms with Crippen molar-refractivity contribution in [2.45, 2.75) is 10.9 Å². The first-order valence-electron chi connectivity index (χ1n) is 6.24. The van der Waals surface area contributed by atoms with Gasteiger partial charge in [-0.1, -0.05) is 0 Å². The molecule has 2 rings (SSSR count). The van der Waals surface area contributed by atoms with Crippen LogP contribution in [0.25, 0.3) is 0 Å². The van der Waals surface area contributed by atoms with Crippen molar-refractivity contribution in [2.24, 2.45) is 0 Å². The minimum absolute atomic E-state index is 0.0203. The predicted molar refractivity (Wildman–Crippen MR) is 73.4 cm³/mol. The van der Waals surface area contributed by atoms with E-state index in [1.165, 1.54) is 19.2 Å². The number of morpholine rings is 1. The zero-order chi connectivity index (χ0) is 15.6. The van der Waals surface area contributed by atoms with E-state index in [2.05, 4.69) is 5.32 Å². The molecule has 0 radical (unpaired) electrons. The lowest BCUT2D eigenvalue weighted by atomic mass is 10.2. The lowest BCUT2D eigenvalue weighted by Crippen LogP contribution is -2.55. The number of nitrogens with two attached hydrogens (primary N) is 1. The van der Waals surface area contributed by atoms with Crippen molar-refractivity contribution in [3.05, 3.63) is 24.0 Å². The van der Waals surface area contributed by atoms with E-state index in [-0.39, 0.29) is 30.3 Å². The van der Waals surface area contributed by atoms with Crippen LogP contribution >= 0.6 is 0 Å². The minimum Gasteiger partial charge on any atom is -0.396 e. The molecule has 9 heteroatoms. The van der Waals surface area contributed by atoms with Gasteiger partial charge in [0.2, 0.25) is 15.9 Å². The van der Waals surface area contributed by atoms with Crippen molar-refractivity contribution in [3.8, 4) is 0 Å². The summed E-state index contributed by atoms with van der Waals surface area (Å²) in [6.45, 7) is 0.146. The molecule has 3 N–H and O–H groups in total. The van der Waals surface area contributed by atoms with Crippen LogP contribution in [0, 0.1) is 5.82 Å². The van der Waals surface area contributed by atoms with Crippen LogP contribution in [0.3, 0.4) is 0 Å². The number of halogens is 1. The number of benzene rings is 1. The highest BCUT2D eigenvalue weighted by atomic mass is 32.2. The van der Waals surface area contributed by atoms with Crippen LogP contribution in [0.5, 0.6) is 0 Å². The topological polar surface area (TPSA) is 102 Å². The van der Waals surface area contributed by atoms with Crippen LogP contribution in [0.4, 0.5) is 10.1 Å². The van der Waals surface area contributed by atoms with Crippen LogP contribution in [-0.4, -0.2) is 51.5 Å². The Labute approximate surface area is 121 Å². The summed E-state index contributed by atoms with van der Waals surface area (Å²) in [6, 6.07) is 2.26. The molecule has 1 saturated heterocycles. The van der Waals surface area contributed by atoms with Gasteiger partial charge < -0.3 is 15.8 Å². The van der Waals surface area contributed by atoms with E-state index in [1.807, 2.05) is 0 Å². The number of likely N-dealkylation sites (N-methyl/N-ethyl adjacent to an activating group) is 1. The van der Waals surface area contributed by atoms with Gasteiger partial charge >= 0.3 is 0 Å². The molecule has 0 aliphatic carbocycles. The van der Waals surface area contributed by atoms with Gasteiger partial charge in [0.25, 0.3) is 0 Å². The maximum Gasteiger partial charge on any atom is 0.244 e. The zero-order valence-electron chi connectivity index (χ0n) is 11.4. The van der Waals surface area contributed by atoms with Crippen LogP contribution in [0.2, 0.25) is 0 Å². The van der Waals surface area contributed by atoms with Gasteiger partial charge in [-0.2, -0.15) is 4.31 Å². The molecule has 0 saturated carbocycles. The van der Waals surface area contributed by atoms with E-state index < -0.39 is 27.8 Å². The second-order valence-electron chi connectivity index (χ2n) is 4.50. The molecule has 1 aromatic carbocycles. The smallest absolute Gasteiger partial charge is 0.244 e. The average Bonchev–Trinajstić information content (AvgIpc) is 2.49. The molecule has 1 aromatic rings. The molecule has 1 aliphatic rings. The summed E-state index contributed by atoms with van der Waals surface area (Å²) in [7, 11) is -2.60. The normalized spacial score (nSPS) is 20.2. The van der Waals surface area contributed by atoms with Gasteiger partial charge in [0, 0.05) is 13.6 Å². The number of anilines is 1. The van der Waals surface area contributed by atoms with E-state index >= 15 is 0 Å². The van der Waals surface area contributed by atoms with E-state index in [9.17, 15) is 17.6 Å². The maximum absolute atomic E-state index is 13.5. The number of nitrogen functional groups attached to an aromatic ring is 1. The summed E-state index contributed by atoms with van der Waals surface area (Å²) in [5.41, 5.74) is 5.20. The highest BCUT2D eigenvalue weighted by Gasteiger charge is 2.38. The van der Waals surface area contributed by atoms with Crippen molar-refractivity contribution in [1.82, 2.24) is 9.62 Å². The van der Waals surface area contributed by atoms with Gasteiger partial charge in [-0.3, -0.25) is 4.79 Å². The third-order valence-corrected chi connectivity index (χ3v) is 5.11. The van der Waals surface area contributed by atoms with Crippen molar-refractivity contribution < 1.29 is 22.3 Å². The zero-order valence-corrected chi connectivity index (χ0v) is 12.2. The summed E-state index contributed by atoms with van der Waals surface area (Å²) in [6.07, 6.45) is 0. The second kappa shape index (κ2) is 5.96. The lowest BCUT2D eigenvalue weighted by molar-refractivity contribution is -0.128. The van der Waals surface area contributed by atoms with E-state index in [0.29, 0.717) is 0 Å². The predicted octanol–water partition coefficient (Wildman–Crippen LogP) is -0.457. The third kappa shape index (κ3) is 2.99. The largest absolute Gasteiger partial charge is 0.396 e. The van der Waals surface area contributed by atoms with Crippen LogP contribution in [-0.2, 0) is 19.6 Å². The summed E-state index contributed by atoms with van der Waals surface area (Å²) in [5.74, 6) is -1.30. The first kappa shape index (κ1) is 15.7. The minimum atomic E-state index is -4.01. The number of ether oxygens (including phenoxy) is 1. The molecule has 7 nitrogen and oxygen atoms in total. The van der Waals surface area contributed by atoms with Gasteiger partial charge in [0.15, 0.2) is 0 Å². The third-order valence-electron chi connectivity index (χ3n) is 3.21. The number of nitrogens with zero attached hydrogens (tertiary/aromatic N) is 1. The Kier molecular flexibility index (Phi) is 4.45. The monoisotopic (exact) mass is 317 g/mol. The molecular weight excluding hydrogens is 301 g/mol. The molecule has 1 fully saturated rings. The van der Waals surface area contributed by atoms with Crippen molar-refractivity contribution in [3.63, 3.8) is 0 Å². The van der Waals surface area contributed by atoms with Crippen LogP contribution < -0.4 is 11.1 Å². The maximum atomic E-state index is 13.5. The number of sulfonamides is 1. The van der Waals surface area contributed by atoms with Gasteiger partial charge in [-0.25, -0.2) is 12.8 Å². The first-order chi connectivity index (χ1) is 9.87. The SMILES string of the molecule is CNC(=O)C1COCCN1S(=O)(=O)c1ccc(N)c(F)c1. The van der Waals surface area contributed by atoms with Gasteiger partial charge in [0.05, 0.1) is 23.8 Å². The number of hydrogen-bond donors (Lipinski definition) is 2. The molecule has 116 valence electrons. The summed E-state index contributed by atoms with van der Waals surface area (Å²) in [4.78, 5) is 11.5. The lowest BCUT2D eigenvalue weighted by Gasteiger charge is -2.33. The van der Waals surface area contributed by atoms with E-state index in [0.717, 1.165) is 10.4 Å². The summed E-state index contributed by atoms with van der Waals surface area (Å²) >= 11 is 0. The molecule has 0 spiro atoms. The summed E-state index contributed by atoms with van der Waals surface area (Å²) in [5, 5.41) is 2.39. The molecule has 1 unspecified atom stereocenters. The van der Waals surface area contributed by atoms with Crippen molar-refractivity contribution in [2.75, 3.05) is 32.5 Å². The van der Waals surface area contributed by atoms with Gasteiger partial charge in [-0.05, 0) is 18.2 Å². The molecule has 1 atom stereocenters. The molecule has 1 heterocycles. The number of nitrogens with one attached hydrogen (secondary N) is 1. The summed E-state index contributed by atoms with van der Waals surface area (Å²) < 4.78 is 44.8. The van der Waals surface area contributed by atoms with Crippen molar-refractivity contribution >= 4 is 21.6 Å². The van der Waals surface area contributed by atoms with Crippen LogP contribution in [0.15, 0.2) is 23.1 Å². The molecular formula is C12H16FN3O4S. The number of rotatable bonds is 3. The van der Waals surface area contributed by atoms with Crippen LogP contribution in [0.1, 0.15) is 0 Å². The highest BCUT2D eigenvalue weighted by Crippen LogP contribution is 2.23. The fraction of sp³-hybridized carbons (Fsp3) is 0.417. The Morgan fingerprint density at radius 3 is 2.86 bits per heavy atom. The van der Waals surface area contributed by atoms with Gasteiger partial charge in [-0.15, -0.1) is 0 Å². The molecule has 0 bridgehead atoms. The Morgan fingerprint density at radius 1 is 1.52 bits per heavy atom. The first-order valence-corrected chi connectivity index (χ1v) is 7.68. The number of carbonyl (C=O) groups excluding carboxylic acids is 1. The Morgan fingerprint density at radius 2 is 2.24 bits per heavy atom. The number of hydrogen-bond acceptors (Lipinski definition) is 5. The van der Waals surface area contributed by atoms with Gasteiger partial charge in [0.1, 0.15) is 11.9 Å². The molecule has 21 heavy (non-hydrogen) atoms. The fourth-order valence-corrected chi connectivity index (χ4v) is 3.62. The molecule has 1 amide bonds. The van der Waals surface area contributed by atoms with Crippen molar-refractivity contribution in [1.29, 1.82) is 0 Å². The van der Waals surface area contributed by atoms with E-state index in [4.69, 9.17) is 10.5 Å². The van der Waals surface area contributed by atoms with E-state index in [1.54, 1.807) is 0 Å². The number of carbonyl (C=O) groups is 1. The second-order valence-corrected chi connectivity index (χ2v) is 6.39. The number of amides is 1. The average molecular weight is 317 g/mol. The standard InChI is InChI=1S/C12H16FN3O4S/c1-15-12(17)11-7-20-5-4-16(11)21(18,19)8-2-3-10(14)9(13)6-8/h2-3,6,11H,4-5,7,14H2,1H3,(H,15,17). The highest BCUT2D eigenvalue weighted by molar-refractivity contribution is 7.89. The Hall–Kier alpha value is -1.71.